The molecular weight excluding hydrogens is 392 g/mol. The van der Waals surface area contributed by atoms with E-state index in [1.165, 1.54) is 5.56 Å². The Kier molecular flexibility index (Phi) is 6.87. The van der Waals surface area contributed by atoms with Crippen LogP contribution in [0.3, 0.4) is 0 Å². The summed E-state index contributed by atoms with van der Waals surface area (Å²) in [5, 5.41) is 14.8. The molecule has 2 N–H and O–H groups in total. The number of ether oxygens (including phenoxy) is 2. The summed E-state index contributed by atoms with van der Waals surface area (Å²) >= 11 is 0. The first-order valence-electron chi connectivity index (χ1n) is 9.35. The van der Waals surface area contributed by atoms with Crippen LogP contribution in [-0.2, 0) is 16.1 Å². The van der Waals surface area contributed by atoms with Crippen molar-refractivity contribution in [1.29, 1.82) is 0 Å². The van der Waals surface area contributed by atoms with Crippen LogP contribution < -0.4 is 9.47 Å². The maximum Gasteiger partial charge on any atom is 0.414 e. The molecule has 1 fully saturated rings. The predicted octanol–water partition coefficient (Wildman–Crippen LogP) is 1.53. The quantitative estimate of drug-likeness (QED) is 0.727. The highest BCUT2D eigenvalue weighted by molar-refractivity contribution is 6.27. The Morgan fingerprint density at radius 1 is 0.833 bits per heavy atom. The molecule has 1 amide bonds. The number of carboxylic acids is 2. The average Bonchev–Trinajstić information content (AvgIpc) is 3.23. The van der Waals surface area contributed by atoms with Crippen LogP contribution in [0.15, 0.2) is 48.5 Å². The lowest BCUT2D eigenvalue weighted by Gasteiger charge is -2.34. The number of piperazine rings is 1. The molecule has 0 radical (unpaired) electrons. The molecule has 2 aromatic rings. The molecule has 0 atom stereocenters. The number of benzene rings is 2. The highest BCUT2D eigenvalue weighted by Gasteiger charge is 2.22. The van der Waals surface area contributed by atoms with E-state index in [2.05, 4.69) is 11.0 Å². The monoisotopic (exact) mass is 414 g/mol. The first kappa shape index (κ1) is 21.1. The number of carbonyl (C=O) groups excluding carboxylic acids is 1. The minimum atomic E-state index is -1.82. The Morgan fingerprint density at radius 2 is 1.47 bits per heavy atom. The molecule has 0 spiro atoms. The van der Waals surface area contributed by atoms with Gasteiger partial charge in [-0.1, -0.05) is 24.3 Å². The minimum Gasteiger partial charge on any atom is -0.473 e. The molecule has 30 heavy (non-hydrogen) atoms. The maximum atomic E-state index is 12.5. The van der Waals surface area contributed by atoms with E-state index in [4.69, 9.17) is 29.3 Å². The molecule has 1 saturated heterocycles. The number of fused-ring (bicyclic) bond motifs is 1. The van der Waals surface area contributed by atoms with Gasteiger partial charge < -0.3 is 24.6 Å². The van der Waals surface area contributed by atoms with Gasteiger partial charge in [0.1, 0.15) is 0 Å². The van der Waals surface area contributed by atoms with Gasteiger partial charge in [0, 0.05) is 38.3 Å². The van der Waals surface area contributed by atoms with Gasteiger partial charge in [0.05, 0.1) is 0 Å². The van der Waals surface area contributed by atoms with E-state index in [-0.39, 0.29) is 5.91 Å². The van der Waals surface area contributed by atoms with Gasteiger partial charge in [-0.2, -0.15) is 0 Å². The second kappa shape index (κ2) is 9.75. The SMILES string of the molecule is O=C(O)C(=O)O.O=C(c1ccccc1)N1CCN(Cc2ccc3c(c2)OCO3)CC1. The zero-order valence-corrected chi connectivity index (χ0v) is 16.2. The summed E-state index contributed by atoms with van der Waals surface area (Å²) in [6.07, 6.45) is 0. The van der Waals surface area contributed by atoms with Gasteiger partial charge in [0.2, 0.25) is 6.79 Å². The smallest absolute Gasteiger partial charge is 0.414 e. The van der Waals surface area contributed by atoms with Gasteiger partial charge in [-0.3, -0.25) is 9.69 Å². The molecule has 0 saturated carbocycles. The third-order valence-corrected chi connectivity index (χ3v) is 4.71. The van der Waals surface area contributed by atoms with Crippen molar-refractivity contribution in [1.82, 2.24) is 9.80 Å². The first-order valence-corrected chi connectivity index (χ1v) is 9.35. The zero-order chi connectivity index (χ0) is 21.5. The van der Waals surface area contributed by atoms with Crippen molar-refractivity contribution in [2.24, 2.45) is 0 Å². The third-order valence-electron chi connectivity index (χ3n) is 4.71. The highest BCUT2D eigenvalue weighted by Crippen LogP contribution is 2.32. The van der Waals surface area contributed by atoms with Crippen molar-refractivity contribution in [3.8, 4) is 11.5 Å². The van der Waals surface area contributed by atoms with E-state index in [9.17, 15) is 4.79 Å². The summed E-state index contributed by atoms with van der Waals surface area (Å²) in [5.41, 5.74) is 1.98. The van der Waals surface area contributed by atoms with E-state index in [0.717, 1.165) is 49.8 Å². The fourth-order valence-electron chi connectivity index (χ4n) is 3.17. The van der Waals surface area contributed by atoms with Crippen LogP contribution in [0.25, 0.3) is 0 Å². The molecule has 158 valence electrons. The fraction of sp³-hybridized carbons (Fsp3) is 0.286. The number of carbonyl (C=O) groups is 3. The van der Waals surface area contributed by atoms with Crippen LogP contribution >= 0.6 is 0 Å². The Bertz CT molecular complexity index is 897. The van der Waals surface area contributed by atoms with Crippen LogP contribution in [-0.4, -0.2) is 70.8 Å². The molecule has 9 nitrogen and oxygen atoms in total. The lowest BCUT2D eigenvalue weighted by molar-refractivity contribution is -0.159. The van der Waals surface area contributed by atoms with Gasteiger partial charge in [-0.25, -0.2) is 9.59 Å². The van der Waals surface area contributed by atoms with Gasteiger partial charge in [-0.05, 0) is 29.8 Å². The van der Waals surface area contributed by atoms with Crippen LogP contribution in [0.2, 0.25) is 0 Å². The number of carboxylic acid groups (broad SMARTS) is 2. The molecule has 9 heteroatoms. The third kappa shape index (κ3) is 5.48. The normalized spacial score (nSPS) is 15.1. The van der Waals surface area contributed by atoms with Gasteiger partial charge in [0.25, 0.3) is 5.91 Å². The number of nitrogens with zero attached hydrogens (tertiary/aromatic N) is 2. The van der Waals surface area contributed by atoms with Crippen LogP contribution in [0, 0.1) is 0 Å². The molecule has 4 rings (SSSR count). The van der Waals surface area contributed by atoms with Crippen molar-refractivity contribution in [2.45, 2.75) is 6.54 Å². The number of hydrogen-bond donors (Lipinski definition) is 2. The number of aliphatic carboxylic acids is 2. The van der Waals surface area contributed by atoms with E-state index in [0.29, 0.717) is 6.79 Å². The maximum absolute atomic E-state index is 12.5. The standard InChI is InChI=1S/C19H20N2O3.C2H2O4/c22-19(16-4-2-1-3-5-16)21-10-8-20(9-11-21)13-15-6-7-17-18(12-15)24-14-23-17;3-1(4)2(5)6/h1-7,12H,8-11,13-14H2;(H,3,4)(H,5,6). The Hall–Kier alpha value is -3.59. The minimum absolute atomic E-state index is 0.123. The second-order valence-electron chi connectivity index (χ2n) is 6.73. The molecule has 2 heterocycles. The van der Waals surface area contributed by atoms with Crippen molar-refractivity contribution in [2.75, 3.05) is 33.0 Å². The predicted molar refractivity (Wildman–Crippen MR) is 105 cm³/mol. The van der Waals surface area contributed by atoms with Gasteiger partial charge >= 0.3 is 11.9 Å². The molecule has 0 aliphatic carbocycles. The lowest BCUT2D eigenvalue weighted by Crippen LogP contribution is -2.48. The molecule has 0 unspecified atom stereocenters. The lowest BCUT2D eigenvalue weighted by atomic mass is 10.1. The molecule has 0 bridgehead atoms. The molecular formula is C21H22N2O7. The summed E-state index contributed by atoms with van der Waals surface area (Å²) in [5.74, 6) is -1.88. The number of hydrogen-bond acceptors (Lipinski definition) is 6. The fourth-order valence-corrected chi connectivity index (χ4v) is 3.17. The molecule has 2 aliphatic rings. The van der Waals surface area contributed by atoms with E-state index < -0.39 is 11.9 Å². The number of amides is 1. The largest absolute Gasteiger partial charge is 0.473 e. The summed E-state index contributed by atoms with van der Waals surface area (Å²) in [4.78, 5) is 35.0. The zero-order valence-electron chi connectivity index (χ0n) is 16.2. The highest BCUT2D eigenvalue weighted by atomic mass is 16.7. The Labute approximate surface area is 173 Å². The van der Waals surface area contributed by atoms with Crippen molar-refractivity contribution in [3.63, 3.8) is 0 Å². The Balaban J connectivity index is 0.000000377. The summed E-state index contributed by atoms with van der Waals surface area (Å²) in [6, 6.07) is 15.6. The van der Waals surface area contributed by atoms with E-state index >= 15 is 0 Å². The van der Waals surface area contributed by atoms with Crippen LogP contribution in [0.4, 0.5) is 0 Å². The molecule has 2 aliphatic heterocycles. The van der Waals surface area contributed by atoms with E-state index in [1.54, 1.807) is 0 Å². The summed E-state index contributed by atoms with van der Waals surface area (Å²) < 4.78 is 10.8. The van der Waals surface area contributed by atoms with Crippen molar-refractivity contribution in [3.05, 3.63) is 59.7 Å². The average molecular weight is 414 g/mol. The van der Waals surface area contributed by atoms with Crippen molar-refractivity contribution < 1.29 is 34.1 Å². The second-order valence-corrected chi connectivity index (χ2v) is 6.73. The molecule has 2 aromatic carbocycles. The summed E-state index contributed by atoms with van der Waals surface area (Å²) in [7, 11) is 0. The van der Waals surface area contributed by atoms with Gasteiger partial charge in [0.15, 0.2) is 11.5 Å². The van der Waals surface area contributed by atoms with Gasteiger partial charge in [-0.15, -0.1) is 0 Å². The Morgan fingerprint density at radius 3 is 2.10 bits per heavy atom. The molecule has 0 aromatic heterocycles. The topological polar surface area (TPSA) is 117 Å². The van der Waals surface area contributed by atoms with Crippen molar-refractivity contribution >= 4 is 17.8 Å². The first-order chi connectivity index (χ1) is 14.4. The van der Waals surface area contributed by atoms with E-state index in [1.807, 2.05) is 47.4 Å². The van der Waals surface area contributed by atoms with Crippen LogP contribution in [0.1, 0.15) is 15.9 Å². The number of rotatable bonds is 3. The summed E-state index contributed by atoms with van der Waals surface area (Å²) in [6.45, 7) is 4.46. The van der Waals surface area contributed by atoms with Crippen LogP contribution in [0.5, 0.6) is 11.5 Å².